The summed E-state index contributed by atoms with van der Waals surface area (Å²) in [6.07, 6.45) is 5.01. The van der Waals surface area contributed by atoms with Crippen LogP contribution in [0.3, 0.4) is 0 Å². The minimum Gasteiger partial charge on any atom is -0.258 e. The summed E-state index contributed by atoms with van der Waals surface area (Å²) in [5.74, 6) is 1.13. The second-order valence-electron chi connectivity index (χ2n) is 4.02. The maximum Gasteiger partial charge on any atom is 0.141 e. The predicted octanol–water partition coefficient (Wildman–Crippen LogP) is 3.12. The summed E-state index contributed by atoms with van der Waals surface area (Å²) in [5, 5.41) is 0. The molecule has 0 aliphatic heterocycles. The topological polar surface area (TPSA) is 12.9 Å². The van der Waals surface area contributed by atoms with E-state index >= 15 is 0 Å². The Balaban J connectivity index is 2.13. The van der Waals surface area contributed by atoms with Crippen molar-refractivity contribution in [3.05, 3.63) is 29.8 Å². The van der Waals surface area contributed by atoms with Gasteiger partial charge in [0.2, 0.25) is 0 Å². The van der Waals surface area contributed by atoms with Crippen LogP contribution in [0.5, 0.6) is 0 Å². The average molecular weight is 179 g/mol. The van der Waals surface area contributed by atoms with E-state index in [2.05, 4.69) is 11.9 Å². The van der Waals surface area contributed by atoms with Crippen molar-refractivity contribution >= 4 is 0 Å². The highest BCUT2D eigenvalue weighted by Crippen LogP contribution is 2.36. The minimum absolute atomic E-state index is 0.241. The van der Waals surface area contributed by atoms with Gasteiger partial charge in [-0.3, -0.25) is 4.98 Å². The van der Waals surface area contributed by atoms with E-state index in [1.807, 2.05) is 6.07 Å². The van der Waals surface area contributed by atoms with Crippen molar-refractivity contribution in [1.82, 2.24) is 4.98 Å². The Morgan fingerprint density at radius 2 is 2.23 bits per heavy atom. The molecule has 2 unspecified atom stereocenters. The fourth-order valence-corrected chi connectivity index (χ4v) is 2.10. The van der Waals surface area contributed by atoms with Crippen LogP contribution >= 0.6 is 0 Å². The molecule has 0 aromatic carbocycles. The molecule has 1 aromatic heterocycles. The molecule has 0 amide bonds. The molecule has 2 atom stereocenters. The van der Waals surface area contributed by atoms with Crippen molar-refractivity contribution in [1.29, 1.82) is 0 Å². The van der Waals surface area contributed by atoms with Crippen molar-refractivity contribution in [2.24, 2.45) is 5.92 Å². The fraction of sp³-hybridized carbons (Fsp3) is 0.545. The van der Waals surface area contributed by atoms with E-state index in [1.165, 1.54) is 31.5 Å². The quantitative estimate of drug-likeness (QED) is 0.645. The van der Waals surface area contributed by atoms with Crippen molar-refractivity contribution in [2.45, 2.75) is 32.1 Å². The lowest BCUT2D eigenvalue weighted by Crippen LogP contribution is -1.96. The first kappa shape index (κ1) is 8.67. The van der Waals surface area contributed by atoms with E-state index in [9.17, 15) is 4.39 Å². The number of halogens is 1. The summed E-state index contributed by atoms with van der Waals surface area (Å²) in [5.41, 5.74) is 1.06. The highest BCUT2D eigenvalue weighted by atomic mass is 19.1. The summed E-state index contributed by atoms with van der Waals surface area (Å²) < 4.78 is 12.6. The molecule has 1 aromatic rings. The summed E-state index contributed by atoms with van der Waals surface area (Å²) in [7, 11) is 0. The van der Waals surface area contributed by atoms with Crippen LogP contribution in [-0.4, -0.2) is 4.98 Å². The number of nitrogens with zero attached hydrogens (tertiary/aromatic N) is 1. The van der Waals surface area contributed by atoms with Gasteiger partial charge in [-0.05, 0) is 30.9 Å². The van der Waals surface area contributed by atoms with Gasteiger partial charge in [-0.2, -0.15) is 0 Å². The fourth-order valence-electron chi connectivity index (χ4n) is 2.10. The predicted molar refractivity (Wildman–Crippen MR) is 50.0 cm³/mol. The third-order valence-electron chi connectivity index (χ3n) is 2.86. The second-order valence-corrected chi connectivity index (χ2v) is 4.02. The molecular formula is C11H14FN. The number of hydrogen-bond acceptors (Lipinski definition) is 1. The number of rotatable bonds is 1. The molecule has 1 nitrogen and oxygen atoms in total. The minimum atomic E-state index is -0.241. The Labute approximate surface area is 78.0 Å². The van der Waals surface area contributed by atoms with Crippen LogP contribution in [0.15, 0.2) is 18.3 Å². The highest BCUT2D eigenvalue weighted by Gasteiger charge is 2.23. The molecule has 1 saturated carbocycles. The first-order valence-corrected chi connectivity index (χ1v) is 4.87. The van der Waals surface area contributed by atoms with Crippen molar-refractivity contribution in [3.63, 3.8) is 0 Å². The summed E-state index contributed by atoms with van der Waals surface area (Å²) >= 11 is 0. The van der Waals surface area contributed by atoms with E-state index in [4.69, 9.17) is 0 Å². The normalized spacial score (nSPS) is 27.8. The van der Waals surface area contributed by atoms with E-state index in [1.54, 1.807) is 0 Å². The average Bonchev–Trinajstić information content (AvgIpc) is 2.53. The maximum atomic E-state index is 12.6. The van der Waals surface area contributed by atoms with Crippen molar-refractivity contribution in [2.75, 3.05) is 0 Å². The smallest absolute Gasteiger partial charge is 0.141 e. The molecule has 13 heavy (non-hydrogen) atoms. The number of hydrogen-bond donors (Lipinski definition) is 0. The Morgan fingerprint density at radius 3 is 2.77 bits per heavy atom. The molecule has 1 aliphatic rings. The maximum absolute atomic E-state index is 12.6. The van der Waals surface area contributed by atoms with Crippen LogP contribution in [0.25, 0.3) is 0 Å². The standard InChI is InChI=1S/C11H14FN/c1-8-2-3-9(6-8)11-5-4-10(12)7-13-11/h4-5,7-9H,2-3,6H2,1H3. The SMILES string of the molecule is CC1CCC(c2ccc(F)cn2)C1. The Bertz CT molecular complexity index is 281. The van der Waals surface area contributed by atoms with Gasteiger partial charge in [0, 0.05) is 11.6 Å². The van der Waals surface area contributed by atoms with Gasteiger partial charge in [0.15, 0.2) is 0 Å². The summed E-state index contributed by atoms with van der Waals surface area (Å²) in [6, 6.07) is 3.32. The molecule has 1 heterocycles. The zero-order chi connectivity index (χ0) is 9.26. The second kappa shape index (κ2) is 3.44. The van der Waals surface area contributed by atoms with Gasteiger partial charge in [-0.25, -0.2) is 4.39 Å². The molecule has 2 rings (SSSR count). The van der Waals surface area contributed by atoms with E-state index in [-0.39, 0.29) is 5.82 Å². The van der Waals surface area contributed by atoms with Gasteiger partial charge in [0.1, 0.15) is 5.82 Å². The van der Waals surface area contributed by atoms with E-state index < -0.39 is 0 Å². The molecule has 0 radical (unpaired) electrons. The first-order chi connectivity index (χ1) is 6.25. The molecule has 70 valence electrons. The lowest BCUT2D eigenvalue weighted by atomic mass is 10.0. The third-order valence-corrected chi connectivity index (χ3v) is 2.86. The van der Waals surface area contributed by atoms with Crippen LogP contribution in [0, 0.1) is 11.7 Å². The van der Waals surface area contributed by atoms with Crippen LogP contribution in [0.2, 0.25) is 0 Å². The van der Waals surface area contributed by atoms with Gasteiger partial charge in [0.25, 0.3) is 0 Å². The van der Waals surface area contributed by atoms with Crippen molar-refractivity contribution < 1.29 is 4.39 Å². The summed E-state index contributed by atoms with van der Waals surface area (Å²) in [4.78, 5) is 4.12. The van der Waals surface area contributed by atoms with E-state index in [0.29, 0.717) is 5.92 Å². The number of pyridine rings is 1. The van der Waals surface area contributed by atoms with Crippen LogP contribution < -0.4 is 0 Å². The van der Waals surface area contributed by atoms with Gasteiger partial charge in [-0.15, -0.1) is 0 Å². The lowest BCUT2D eigenvalue weighted by molar-refractivity contribution is 0.586. The van der Waals surface area contributed by atoms with Gasteiger partial charge in [-0.1, -0.05) is 13.3 Å². The molecular weight excluding hydrogens is 165 g/mol. The van der Waals surface area contributed by atoms with E-state index in [0.717, 1.165) is 11.6 Å². The molecule has 0 saturated heterocycles. The van der Waals surface area contributed by atoms with Gasteiger partial charge >= 0.3 is 0 Å². The van der Waals surface area contributed by atoms with Crippen molar-refractivity contribution in [3.8, 4) is 0 Å². The Hall–Kier alpha value is -0.920. The van der Waals surface area contributed by atoms with Crippen LogP contribution in [0.1, 0.15) is 37.8 Å². The molecule has 0 N–H and O–H groups in total. The third kappa shape index (κ3) is 1.87. The lowest BCUT2D eigenvalue weighted by Gasteiger charge is -2.07. The first-order valence-electron chi connectivity index (χ1n) is 4.87. The van der Waals surface area contributed by atoms with Crippen LogP contribution in [0.4, 0.5) is 4.39 Å². The monoisotopic (exact) mass is 179 g/mol. The van der Waals surface area contributed by atoms with Crippen LogP contribution in [-0.2, 0) is 0 Å². The molecule has 0 spiro atoms. The molecule has 0 bridgehead atoms. The highest BCUT2D eigenvalue weighted by molar-refractivity contribution is 5.12. The number of aromatic nitrogens is 1. The zero-order valence-electron chi connectivity index (χ0n) is 7.83. The zero-order valence-corrected chi connectivity index (χ0v) is 7.83. The Morgan fingerprint density at radius 1 is 1.38 bits per heavy atom. The summed E-state index contributed by atoms with van der Waals surface area (Å²) in [6.45, 7) is 2.27. The molecule has 2 heteroatoms. The molecule has 1 aliphatic carbocycles. The molecule has 1 fully saturated rings. The van der Waals surface area contributed by atoms with Gasteiger partial charge in [0.05, 0.1) is 6.20 Å². The largest absolute Gasteiger partial charge is 0.258 e. The van der Waals surface area contributed by atoms with Gasteiger partial charge < -0.3 is 0 Å². The Kier molecular flexibility index (Phi) is 2.30.